The van der Waals surface area contributed by atoms with Gasteiger partial charge in [-0.05, 0) is 50.0 Å². The van der Waals surface area contributed by atoms with Crippen molar-refractivity contribution in [3.8, 4) is 0 Å². The van der Waals surface area contributed by atoms with E-state index in [1.165, 1.54) is 38.6 Å². The molecule has 3 rings (SSSR count). The van der Waals surface area contributed by atoms with Crippen molar-refractivity contribution >= 4 is 0 Å². The zero-order valence-electron chi connectivity index (χ0n) is 13.5. The molecule has 3 aliphatic rings. The van der Waals surface area contributed by atoms with E-state index in [9.17, 15) is 0 Å². The van der Waals surface area contributed by atoms with Gasteiger partial charge in [-0.2, -0.15) is 0 Å². The molecule has 0 spiro atoms. The predicted octanol–water partition coefficient (Wildman–Crippen LogP) is 2.65. The normalized spacial score (nSPS) is 41.5. The van der Waals surface area contributed by atoms with Crippen LogP contribution in [0.3, 0.4) is 0 Å². The Morgan fingerprint density at radius 2 is 2.15 bits per heavy atom. The Hall–Kier alpha value is -0.120. The fourth-order valence-corrected chi connectivity index (χ4v) is 4.54. The molecule has 3 heteroatoms. The third-order valence-corrected chi connectivity index (χ3v) is 5.76. The van der Waals surface area contributed by atoms with Gasteiger partial charge in [0.2, 0.25) is 0 Å². The van der Waals surface area contributed by atoms with Gasteiger partial charge < -0.3 is 10.1 Å². The van der Waals surface area contributed by atoms with Crippen LogP contribution in [0.1, 0.15) is 52.9 Å². The standard InChI is InChI=1S/C17H32N2O/c1-13-9-17(2,3)7-6-16(13)18-10-15-11-19-8-4-5-14(19)12-20-15/h13-16,18H,4-12H2,1-3H3. The average Bonchev–Trinajstić information content (AvgIpc) is 2.84. The zero-order chi connectivity index (χ0) is 14.2. The van der Waals surface area contributed by atoms with Gasteiger partial charge in [0.15, 0.2) is 0 Å². The van der Waals surface area contributed by atoms with Crippen molar-refractivity contribution in [2.75, 3.05) is 26.2 Å². The van der Waals surface area contributed by atoms with Crippen molar-refractivity contribution in [2.24, 2.45) is 11.3 Å². The summed E-state index contributed by atoms with van der Waals surface area (Å²) in [5.74, 6) is 0.793. The zero-order valence-corrected chi connectivity index (χ0v) is 13.5. The molecule has 4 unspecified atom stereocenters. The van der Waals surface area contributed by atoms with Crippen LogP contribution in [-0.2, 0) is 4.74 Å². The molecular weight excluding hydrogens is 248 g/mol. The molecule has 20 heavy (non-hydrogen) atoms. The molecule has 1 aliphatic carbocycles. The minimum absolute atomic E-state index is 0.409. The van der Waals surface area contributed by atoms with Gasteiger partial charge >= 0.3 is 0 Å². The van der Waals surface area contributed by atoms with Gasteiger partial charge in [-0.15, -0.1) is 0 Å². The van der Waals surface area contributed by atoms with Crippen LogP contribution in [-0.4, -0.2) is 49.3 Å². The summed E-state index contributed by atoms with van der Waals surface area (Å²) in [5.41, 5.74) is 0.543. The van der Waals surface area contributed by atoms with E-state index in [2.05, 4.69) is 31.0 Å². The van der Waals surface area contributed by atoms with Gasteiger partial charge in [-0.3, -0.25) is 4.90 Å². The van der Waals surface area contributed by atoms with E-state index in [0.29, 0.717) is 17.6 Å². The maximum atomic E-state index is 6.05. The van der Waals surface area contributed by atoms with Gasteiger partial charge in [-0.25, -0.2) is 0 Å². The smallest absolute Gasteiger partial charge is 0.0827 e. The van der Waals surface area contributed by atoms with Crippen molar-refractivity contribution in [3.05, 3.63) is 0 Å². The molecule has 1 saturated carbocycles. The molecule has 0 aromatic carbocycles. The molecule has 0 radical (unpaired) electrons. The number of hydrogen-bond donors (Lipinski definition) is 1. The molecule has 2 saturated heterocycles. The molecule has 116 valence electrons. The number of nitrogens with zero attached hydrogens (tertiary/aromatic N) is 1. The van der Waals surface area contributed by atoms with Crippen molar-refractivity contribution in [2.45, 2.75) is 71.1 Å². The van der Waals surface area contributed by atoms with E-state index in [4.69, 9.17) is 4.74 Å². The van der Waals surface area contributed by atoms with Gasteiger partial charge in [0.05, 0.1) is 12.7 Å². The van der Waals surface area contributed by atoms with Crippen LogP contribution in [0.2, 0.25) is 0 Å². The second kappa shape index (κ2) is 5.94. The quantitative estimate of drug-likeness (QED) is 0.860. The Bertz CT molecular complexity index is 331. The summed E-state index contributed by atoms with van der Waals surface area (Å²) in [6, 6.07) is 1.42. The van der Waals surface area contributed by atoms with Crippen LogP contribution in [0.15, 0.2) is 0 Å². The van der Waals surface area contributed by atoms with Gasteiger partial charge in [0.1, 0.15) is 0 Å². The summed E-state index contributed by atoms with van der Waals surface area (Å²) < 4.78 is 6.05. The second-order valence-corrected chi connectivity index (χ2v) is 8.15. The van der Waals surface area contributed by atoms with E-state index in [0.717, 1.165) is 31.7 Å². The fourth-order valence-electron chi connectivity index (χ4n) is 4.54. The molecule has 0 aromatic heterocycles. The van der Waals surface area contributed by atoms with Crippen LogP contribution in [0, 0.1) is 11.3 Å². The molecule has 0 aromatic rings. The van der Waals surface area contributed by atoms with Crippen molar-refractivity contribution in [1.29, 1.82) is 0 Å². The number of rotatable bonds is 3. The van der Waals surface area contributed by atoms with Crippen LogP contribution in [0.4, 0.5) is 0 Å². The summed E-state index contributed by atoms with van der Waals surface area (Å²) in [5, 5.41) is 3.81. The third kappa shape index (κ3) is 3.37. The maximum absolute atomic E-state index is 6.05. The van der Waals surface area contributed by atoms with Gasteiger partial charge in [0, 0.05) is 25.2 Å². The predicted molar refractivity (Wildman–Crippen MR) is 82.9 cm³/mol. The molecule has 2 aliphatic heterocycles. The first-order valence-electron chi connectivity index (χ1n) is 8.62. The molecule has 0 bridgehead atoms. The number of fused-ring (bicyclic) bond motifs is 1. The summed E-state index contributed by atoms with van der Waals surface area (Å²) >= 11 is 0. The largest absolute Gasteiger partial charge is 0.374 e. The number of ether oxygens (including phenoxy) is 1. The van der Waals surface area contributed by atoms with Crippen molar-refractivity contribution in [3.63, 3.8) is 0 Å². The highest BCUT2D eigenvalue weighted by molar-refractivity contribution is 4.89. The van der Waals surface area contributed by atoms with Crippen LogP contribution in [0.5, 0.6) is 0 Å². The summed E-state index contributed by atoms with van der Waals surface area (Å²) in [7, 11) is 0. The summed E-state index contributed by atoms with van der Waals surface area (Å²) in [4.78, 5) is 2.64. The van der Waals surface area contributed by atoms with Crippen LogP contribution >= 0.6 is 0 Å². The van der Waals surface area contributed by atoms with Crippen molar-refractivity contribution in [1.82, 2.24) is 10.2 Å². The van der Waals surface area contributed by atoms with Crippen LogP contribution in [0.25, 0.3) is 0 Å². The van der Waals surface area contributed by atoms with E-state index >= 15 is 0 Å². The molecule has 4 atom stereocenters. The molecule has 2 heterocycles. The molecule has 1 N–H and O–H groups in total. The minimum Gasteiger partial charge on any atom is -0.374 e. The SMILES string of the molecule is CC1CC(C)(C)CCC1NCC1CN2CCCC2CO1. The van der Waals surface area contributed by atoms with E-state index in [1.807, 2.05) is 0 Å². The Kier molecular flexibility index (Phi) is 4.40. The van der Waals surface area contributed by atoms with E-state index in [1.54, 1.807) is 0 Å². The fraction of sp³-hybridized carbons (Fsp3) is 1.00. The lowest BCUT2D eigenvalue weighted by Crippen LogP contribution is -2.52. The number of morpholine rings is 1. The van der Waals surface area contributed by atoms with Gasteiger partial charge in [0.25, 0.3) is 0 Å². The summed E-state index contributed by atoms with van der Waals surface area (Å²) in [6.07, 6.45) is 7.15. The highest BCUT2D eigenvalue weighted by atomic mass is 16.5. The Morgan fingerprint density at radius 1 is 1.30 bits per heavy atom. The highest BCUT2D eigenvalue weighted by Gasteiger charge is 2.34. The average molecular weight is 280 g/mol. The molecule has 3 nitrogen and oxygen atoms in total. The molecule has 0 amide bonds. The topological polar surface area (TPSA) is 24.5 Å². The minimum atomic E-state index is 0.409. The first kappa shape index (κ1) is 14.8. The molecule has 3 fully saturated rings. The highest BCUT2D eigenvalue weighted by Crippen LogP contribution is 2.38. The van der Waals surface area contributed by atoms with E-state index in [-0.39, 0.29) is 0 Å². The lowest BCUT2D eigenvalue weighted by atomic mass is 9.70. The second-order valence-electron chi connectivity index (χ2n) is 8.15. The van der Waals surface area contributed by atoms with Crippen molar-refractivity contribution < 1.29 is 4.74 Å². The molecular formula is C17H32N2O. The lowest BCUT2D eigenvalue weighted by Gasteiger charge is -2.41. The number of hydrogen-bond acceptors (Lipinski definition) is 3. The monoisotopic (exact) mass is 280 g/mol. The first-order chi connectivity index (χ1) is 9.53. The number of nitrogens with one attached hydrogen (secondary N) is 1. The Morgan fingerprint density at radius 3 is 2.95 bits per heavy atom. The van der Waals surface area contributed by atoms with Crippen LogP contribution < -0.4 is 5.32 Å². The third-order valence-electron chi connectivity index (χ3n) is 5.76. The Labute approximate surface area is 124 Å². The summed E-state index contributed by atoms with van der Waals surface area (Å²) in [6.45, 7) is 11.7. The maximum Gasteiger partial charge on any atom is 0.0827 e. The first-order valence-corrected chi connectivity index (χ1v) is 8.62. The van der Waals surface area contributed by atoms with E-state index < -0.39 is 0 Å². The van der Waals surface area contributed by atoms with Gasteiger partial charge in [-0.1, -0.05) is 20.8 Å². The Balaban J connectivity index is 1.43. The lowest BCUT2D eigenvalue weighted by molar-refractivity contribution is -0.0493.